The summed E-state index contributed by atoms with van der Waals surface area (Å²) in [5.41, 5.74) is 0.461. The highest BCUT2D eigenvalue weighted by atomic mass is 16.7. The minimum absolute atomic E-state index is 0.120. The topological polar surface area (TPSA) is 83.1 Å². The zero-order valence-corrected chi connectivity index (χ0v) is 17.8. The summed E-state index contributed by atoms with van der Waals surface area (Å²) in [5, 5.41) is 3.00. The Balaban J connectivity index is 1.81. The lowest BCUT2D eigenvalue weighted by Crippen LogP contribution is -2.44. The van der Waals surface area contributed by atoms with Crippen LogP contribution in [0.3, 0.4) is 0 Å². The molecular weight excluding hydrogens is 374 g/mol. The quantitative estimate of drug-likeness (QED) is 0.732. The van der Waals surface area contributed by atoms with Crippen LogP contribution >= 0.6 is 0 Å². The Morgan fingerprint density at radius 1 is 1.21 bits per heavy atom. The lowest BCUT2D eigenvalue weighted by molar-refractivity contribution is -0.191. The van der Waals surface area contributed by atoms with E-state index in [0.29, 0.717) is 19.6 Å². The molecule has 1 aromatic carbocycles. The van der Waals surface area contributed by atoms with Gasteiger partial charge in [-0.1, -0.05) is 12.1 Å². The summed E-state index contributed by atoms with van der Waals surface area (Å²) in [6, 6.07) is 7.44. The van der Waals surface area contributed by atoms with Crippen LogP contribution in [0.1, 0.15) is 33.3 Å². The minimum atomic E-state index is -0.982. The van der Waals surface area contributed by atoms with Crippen LogP contribution in [0.2, 0.25) is 0 Å². The molecule has 2 saturated heterocycles. The van der Waals surface area contributed by atoms with E-state index < -0.39 is 17.1 Å². The Morgan fingerprint density at radius 3 is 2.38 bits per heavy atom. The molecule has 3 rings (SSSR count). The van der Waals surface area contributed by atoms with E-state index in [1.807, 2.05) is 31.2 Å². The summed E-state index contributed by atoms with van der Waals surface area (Å²) in [4.78, 5) is 25.1. The van der Waals surface area contributed by atoms with Gasteiger partial charge in [0.05, 0.1) is 37.7 Å². The van der Waals surface area contributed by atoms with Gasteiger partial charge in [0.2, 0.25) is 5.91 Å². The first kappa shape index (κ1) is 21.6. The Morgan fingerprint density at radius 2 is 1.83 bits per heavy atom. The summed E-state index contributed by atoms with van der Waals surface area (Å²) < 4.78 is 22.4. The van der Waals surface area contributed by atoms with Crippen molar-refractivity contribution >= 4 is 11.9 Å². The van der Waals surface area contributed by atoms with Crippen LogP contribution in [0.4, 0.5) is 0 Å². The third-order valence-electron chi connectivity index (χ3n) is 5.62. The predicted octanol–water partition coefficient (Wildman–Crippen LogP) is 2.32. The summed E-state index contributed by atoms with van der Waals surface area (Å²) in [6.45, 7) is 8.27. The second kappa shape index (κ2) is 8.32. The fraction of sp³-hybridized carbons (Fsp3) is 0.636. The third kappa shape index (κ3) is 4.73. The van der Waals surface area contributed by atoms with Crippen LogP contribution in [-0.4, -0.2) is 50.6 Å². The maximum Gasteiger partial charge on any atom is 0.311 e. The molecule has 2 aliphatic heterocycles. The van der Waals surface area contributed by atoms with Gasteiger partial charge in [-0.15, -0.1) is 0 Å². The molecule has 1 N–H and O–H groups in total. The van der Waals surface area contributed by atoms with Crippen molar-refractivity contribution in [2.24, 2.45) is 17.3 Å². The number of esters is 1. The number of amides is 1. The van der Waals surface area contributed by atoms with Gasteiger partial charge >= 0.3 is 5.97 Å². The zero-order valence-electron chi connectivity index (χ0n) is 17.8. The number of benzene rings is 1. The molecule has 0 bridgehead atoms. The van der Waals surface area contributed by atoms with E-state index in [1.54, 1.807) is 27.9 Å². The average molecular weight is 405 g/mol. The van der Waals surface area contributed by atoms with Crippen molar-refractivity contribution in [1.29, 1.82) is 0 Å². The van der Waals surface area contributed by atoms with Gasteiger partial charge < -0.3 is 24.3 Å². The normalized spacial score (nSPS) is 26.2. The average Bonchev–Trinajstić information content (AvgIpc) is 3.23. The van der Waals surface area contributed by atoms with Crippen LogP contribution in [0.25, 0.3) is 0 Å². The van der Waals surface area contributed by atoms with Crippen LogP contribution < -0.4 is 10.1 Å². The Bertz CT molecular complexity index is 733. The SMILES string of the molecule is COc1ccc(C[C@@H]2[C@@H](COC(=O)C(C)(C)C)NC(=O)[C@@H]2C2(C)OCCO2)cc1. The predicted molar refractivity (Wildman–Crippen MR) is 106 cm³/mol. The molecule has 0 aromatic heterocycles. The van der Waals surface area contributed by atoms with Crippen LogP contribution in [-0.2, 0) is 30.2 Å². The minimum Gasteiger partial charge on any atom is -0.497 e. The van der Waals surface area contributed by atoms with Crippen molar-refractivity contribution in [3.63, 3.8) is 0 Å². The fourth-order valence-corrected chi connectivity index (χ4v) is 3.98. The maximum absolute atomic E-state index is 12.9. The van der Waals surface area contributed by atoms with Gasteiger partial charge in [-0.3, -0.25) is 9.59 Å². The van der Waals surface area contributed by atoms with Crippen molar-refractivity contribution in [3.05, 3.63) is 29.8 Å². The highest BCUT2D eigenvalue weighted by Crippen LogP contribution is 2.40. The highest BCUT2D eigenvalue weighted by molar-refractivity contribution is 5.83. The van der Waals surface area contributed by atoms with Gasteiger partial charge in [0.1, 0.15) is 12.4 Å². The molecule has 0 aliphatic carbocycles. The van der Waals surface area contributed by atoms with E-state index in [9.17, 15) is 9.59 Å². The zero-order chi connectivity index (χ0) is 21.2. The van der Waals surface area contributed by atoms with E-state index in [4.69, 9.17) is 18.9 Å². The van der Waals surface area contributed by atoms with Gasteiger partial charge in [0, 0.05) is 5.92 Å². The standard InChI is InChI=1S/C22H31NO6/c1-21(2,3)20(25)27-13-17-16(12-14-6-8-15(26-5)9-7-14)18(19(24)23-17)22(4)28-10-11-29-22/h6-9,16-18H,10-13H2,1-5H3,(H,23,24)/t16-,17-,18-/m1/s1. The Hall–Kier alpha value is -2.12. The van der Waals surface area contributed by atoms with Crippen LogP contribution in [0.15, 0.2) is 24.3 Å². The number of carbonyl (C=O) groups excluding carboxylic acids is 2. The van der Waals surface area contributed by atoms with E-state index in [0.717, 1.165) is 11.3 Å². The number of methoxy groups -OCH3 is 1. The number of hydrogen-bond donors (Lipinski definition) is 1. The molecule has 0 radical (unpaired) electrons. The van der Waals surface area contributed by atoms with Crippen molar-refractivity contribution in [2.75, 3.05) is 26.9 Å². The summed E-state index contributed by atoms with van der Waals surface area (Å²) >= 11 is 0. The fourth-order valence-electron chi connectivity index (χ4n) is 3.98. The van der Waals surface area contributed by atoms with Crippen molar-refractivity contribution in [1.82, 2.24) is 5.32 Å². The van der Waals surface area contributed by atoms with Crippen molar-refractivity contribution < 1.29 is 28.5 Å². The summed E-state index contributed by atoms with van der Waals surface area (Å²) in [6.07, 6.45) is 0.618. The number of carbonyl (C=O) groups is 2. The first-order valence-electron chi connectivity index (χ1n) is 10.0. The number of ether oxygens (including phenoxy) is 4. The lowest BCUT2D eigenvalue weighted by atomic mass is 9.80. The molecule has 3 atom stereocenters. The second-order valence-corrected chi connectivity index (χ2v) is 8.87. The number of hydrogen-bond acceptors (Lipinski definition) is 6. The van der Waals surface area contributed by atoms with Gasteiger partial charge in [-0.25, -0.2) is 0 Å². The summed E-state index contributed by atoms with van der Waals surface area (Å²) in [5.74, 6) is -1.28. The molecule has 0 spiro atoms. The lowest BCUT2D eigenvalue weighted by Gasteiger charge is -2.33. The molecule has 29 heavy (non-hydrogen) atoms. The first-order chi connectivity index (χ1) is 13.6. The molecule has 2 fully saturated rings. The maximum atomic E-state index is 12.9. The van der Waals surface area contributed by atoms with Gasteiger partial charge in [-0.05, 0) is 51.8 Å². The van der Waals surface area contributed by atoms with E-state index >= 15 is 0 Å². The molecule has 160 valence electrons. The molecule has 7 nitrogen and oxygen atoms in total. The van der Waals surface area contributed by atoms with Gasteiger partial charge in [0.15, 0.2) is 5.79 Å². The molecule has 1 amide bonds. The molecule has 2 aliphatic rings. The van der Waals surface area contributed by atoms with E-state index in [2.05, 4.69) is 5.32 Å². The largest absolute Gasteiger partial charge is 0.497 e. The molecule has 1 aromatic rings. The van der Waals surface area contributed by atoms with Gasteiger partial charge in [-0.2, -0.15) is 0 Å². The molecule has 0 saturated carbocycles. The molecular formula is C22H31NO6. The van der Waals surface area contributed by atoms with Crippen LogP contribution in [0.5, 0.6) is 5.75 Å². The molecule has 2 heterocycles. The van der Waals surface area contributed by atoms with Crippen molar-refractivity contribution in [3.8, 4) is 5.75 Å². The Kier molecular flexibility index (Phi) is 6.19. The highest BCUT2D eigenvalue weighted by Gasteiger charge is 2.55. The first-order valence-corrected chi connectivity index (χ1v) is 10.0. The van der Waals surface area contributed by atoms with Crippen molar-refractivity contribution in [2.45, 2.75) is 45.9 Å². The Labute approximate surface area is 172 Å². The van der Waals surface area contributed by atoms with Crippen LogP contribution in [0, 0.1) is 17.3 Å². The van der Waals surface area contributed by atoms with Gasteiger partial charge in [0.25, 0.3) is 0 Å². The second-order valence-electron chi connectivity index (χ2n) is 8.87. The third-order valence-corrected chi connectivity index (χ3v) is 5.62. The molecule has 7 heteroatoms. The smallest absolute Gasteiger partial charge is 0.311 e. The monoisotopic (exact) mass is 405 g/mol. The molecule has 0 unspecified atom stereocenters. The summed E-state index contributed by atoms with van der Waals surface area (Å²) in [7, 11) is 1.62. The van der Waals surface area contributed by atoms with E-state index in [-0.39, 0.29) is 30.4 Å². The number of rotatable bonds is 6. The van der Waals surface area contributed by atoms with E-state index in [1.165, 1.54) is 0 Å². The number of nitrogens with one attached hydrogen (secondary N) is 1.